The third kappa shape index (κ3) is 4.61. The summed E-state index contributed by atoms with van der Waals surface area (Å²) in [5.41, 5.74) is 3.05. The van der Waals surface area contributed by atoms with Crippen molar-refractivity contribution in [2.75, 3.05) is 56.2 Å². The van der Waals surface area contributed by atoms with Crippen LogP contribution in [0.25, 0.3) is 5.65 Å². The van der Waals surface area contributed by atoms with Gasteiger partial charge in [0.15, 0.2) is 5.65 Å². The van der Waals surface area contributed by atoms with Crippen LogP contribution in [0.4, 0.5) is 20.6 Å². The summed E-state index contributed by atoms with van der Waals surface area (Å²) in [5, 5.41) is 11.0. The molecule has 0 spiro atoms. The number of allylic oxidation sites excluding steroid dienone is 1. The molecule has 3 aromatic rings. The Morgan fingerprint density at radius 1 is 1.13 bits per heavy atom. The number of aliphatic imine (C=N–C) groups is 1. The first kappa shape index (κ1) is 25.3. The van der Waals surface area contributed by atoms with E-state index in [1.54, 1.807) is 41.4 Å². The SMILES string of the molecule is CN1CCN(c2cc(N3CCOCC3)cn3c(=O)c(O)c(C4=NC=C(Cc5ccc(F)c(Cl)c5)C4)nc23)C1=O. The molecule has 0 aliphatic carbocycles. The van der Waals surface area contributed by atoms with Crippen LogP contribution in [0.5, 0.6) is 5.75 Å². The Labute approximate surface area is 228 Å². The number of benzene rings is 1. The van der Waals surface area contributed by atoms with Crippen molar-refractivity contribution in [3.05, 3.63) is 74.7 Å². The van der Waals surface area contributed by atoms with Gasteiger partial charge < -0.3 is 19.6 Å². The summed E-state index contributed by atoms with van der Waals surface area (Å²) in [6.07, 6.45) is 4.13. The van der Waals surface area contributed by atoms with Gasteiger partial charge in [0.2, 0.25) is 5.75 Å². The number of aromatic nitrogens is 2. The molecule has 2 aromatic heterocycles. The van der Waals surface area contributed by atoms with Gasteiger partial charge in [-0.05, 0) is 35.8 Å². The summed E-state index contributed by atoms with van der Waals surface area (Å²) >= 11 is 5.92. The molecule has 10 nitrogen and oxygen atoms in total. The lowest BCUT2D eigenvalue weighted by molar-refractivity contribution is 0.122. The maximum absolute atomic E-state index is 13.6. The van der Waals surface area contributed by atoms with Gasteiger partial charge in [0.25, 0.3) is 0 Å². The van der Waals surface area contributed by atoms with E-state index in [-0.39, 0.29) is 22.4 Å². The molecule has 1 aromatic carbocycles. The van der Waals surface area contributed by atoms with E-state index in [4.69, 9.17) is 21.3 Å². The highest BCUT2D eigenvalue weighted by atomic mass is 35.5. The van der Waals surface area contributed by atoms with Crippen molar-refractivity contribution in [2.24, 2.45) is 4.99 Å². The number of morpholine rings is 1. The summed E-state index contributed by atoms with van der Waals surface area (Å²) in [6, 6.07) is 6.20. The summed E-state index contributed by atoms with van der Waals surface area (Å²) in [7, 11) is 1.72. The minimum Gasteiger partial charge on any atom is -0.501 e. The zero-order valence-electron chi connectivity index (χ0n) is 21.2. The third-order valence-electron chi connectivity index (χ3n) is 7.24. The number of anilines is 2. The lowest BCUT2D eigenvalue weighted by Gasteiger charge is -2.30. The van der Waals surface area contributed by atoms with Crippen LogP contribution >= 0.6 is 11.6 Å². The zero-order valence-corrected chi connectivity index (χ0v) is 22.0. The molecule has 202 valence electrons. The summed E-state index contributed by atoms with van der Waals surface area (Å²) in [4.78, 5) is 40.9. The first-order valence-electron chi connectivity index (χ1n) is 12.6. The second kappa shape index (κ2) is 9.97. The number of hydrogen-bond acceptors (Lipinski definition) is 7. The number of ether oxygens (including phenoxy) is 1. The van der Waals surface area contributed by atoms with Gasteiger partial charge in [0, 0.05) is 52.0 Å². The highest BCUT2D eigenvalue weighted by molar-refractivity contribution is 6.30. The summed E-state index contributed by atoms with van der Waals surface area (Å²) in [6.45, 7) is 3.35. The Kier molecular flexibility index (Phi) is 6.48. The number of rotatable bonds is 5. The van der Waals surface area contributed by atoms with Gasteiger partial charge in [-0.3, -0.25) is 19.1 Å². The highest BCUT2D eigenvalue weighted by Crippen LogP contribution is 2.32. The predicted molar refractivity (Wildman–Crippen MR) is 146 cm³/mol. The molecule has 0 saturated carbocycles. The Hall–Kier alpha value is -3.96. The Morgan fingerprint density at radius 3 is 2.64 bits per heavy atom. The van der Waals surface area contributed by atoms with Gasteiger partial charge in [-0.1, -0.05) is 17.7 Å². The van der Waals surface area contributed by atoms with Gasteiger partial charge in [-0.25, -0.2) is 14.2 Å². The topological polar surface area (TPSA) is 103 Å². The van der Waals surface area contributed by atoms with Gasteiger partial charge in [0.05, 0.1) is 35.3 Å². The molecule has 0 atom stereocenters. The zero-order chi connectivity index (χ0) is 27.3. The minimum absolute atomic E-state index is 0.0418. The molecule has 0 bridgehead atoms. The van der Waals surface area contributed by atoms with Gasteiger partial charge in [0.1, 0.15) is 11.5 Å². The number of likely N-dealkylation sites (N-methyl/N-ethyl adjacent to an activating group) is 1. The van der Waals surface area contributed by atoms with Crippen LogP contribution in [0.3, 0.4) is 0 Å². The van der Waals surface area contributed by atoms with Gasteiger partial charge >= 0.3 is 11.6 Å². The first-order valence-corrected chi connectivity index (χ1v) is 13.0. The standard InChI is InChI=1S/C27H26ClFN6O4/c1-32-4-5-34(27(32)38)22-13-18(33-6-8-39-9-7-33)15-35-25(22)31-23(24(36)26(35)37)21-12-17(14-30-21)10-16-2-3-20(29)19(28)11-16/h2-3,11,13-15,36H,4-10,12H2,1H3. The van der Waals surface area contributed by atoms with Crippen molar-refractivity contribution >= 4 is 40.4 Å². The van der Waals surface area contributed by atoms with Crippen LogP contribution < -0.4 is 15.4 Å². The number of halogens is 2. The van der Waals surface area contributed by atoms with E-state index in [0.717, 1.165) is 16.8 Å². The van der Waals surface area contributed by atoms with Crippen LogP contribution in [-0.2, 0) is 11.2 Å². The number of urea groups is 1. The smallest absolute Gasteiger partial charge is 0.324 e. The maximum atomic E-state index is 13.6. The molecule has 2 fully saturated rings. The minimum atomic E-state index is -0.646. The Balaban J connectivity index is 1.39. The van der Waals surface area contributed by atoms with Crippen LogP contribution in [-0.4, -0.2) is 77.6 Å². The van der Waals surface area contributed by atoms with Crippen LogP contribution in [0.15, 0.2) is 52.0 Å². The van der Waals surface area contributed by atoms with Crippen molar-refractivity contribution in [3.8, 4) is 5.75 Å². The number of hydrogen-bond donors (Lipinski definition) is 1. The third-order valence-corrected chi connectivity index (χ3v) is 7.53. The van der Waals surface area contributed by atoms with E-state index >= 15 is 0 Å². The summed E-state index contributed by atoms with van der Waals surface area (Å²) in [5.74, 6) is -1.00. The van der Waals surface area contributed by atoms with E-state index in [9.17, 15) is 19.1 Å². The fourth-order valence-corrected chi connectivity index (χ4v) is 5.31. The van der Waals surface area contributed by atoms with E-state index in [1.165, 1.54) is 10.5 Å². The van der Waals surface area contributed by atoms with Gasteiger partial charge in [-0.15, -0.1) is 0 Å². The number of amides is 2. The number of pyridine rings is 1. The molecule has 2 saturated heterocycles. The molecule has 0 radical (unpaired) electrons. The first-order chi connectivity index (χ1) is 18.8. The van der Waals surface area contributed by atoms with E-state index in [1.807, 2.05) is 6.07 Å². The summed E-state index contributed by atoms with van der Waals surface area (Å²) < 4.78 is 20.3. The van der Waals surface area contributed by atoms with E-state index in [0.29, 0.717) is 63.6 Å². The van der Waals surface area contributed by atoms with Gasteiger partial charge in [-0.2, -0.15) is 0 Å². The number of fused-ring (bicyclic) bond motifs is 1. The van der Waals surface area contributed by atoms with Crippen molar-refractivity contribution < 1.29 is 19.0 Å². The van der Waals surface area contributed by atoms with Crippen LogP contribution in [0.1, 0.15) is 17.7 Å². The number of aromatic hydroxyl groups is 1. The Bertz CT molecular complexity index is 1610. The van der Waals surface area contributed by atoms with Crippen molar-refractivity contribution in [2.45, 2.75) is 12.8 Å². The number of nitrogens with zero attached hydrogens (tertiary/aromatic N) is 6. The van der Waals surface area contributed by atoms with Crippen LogP contribution in [0.2, 0.25) is 5.02 Å². The largest absolute Gasteiger partial charge is 0.501 e. The quantitative estimate of drug-likeness (QED) is 0.521. The lowest BCUT2D eigenvalue weighted by Crippen LogP contribution is -2.37. The molecule has 3 aliphatic heterocycles. The molecule has 3 aliphatic rings. The highest BCUT2D eigenvalue weighted by Gasteiger charge is 2.31. The molecular weight excluding hydrogens is 527 g/mol. The molecule has 6 rings (SSSR count). The molecule has 2 amide bonds. The van der Waals surface area contributed by atoms with Crippen molar-refractivity contribution in [3.63, 3.8) is 0 Å². The molecule has 5 heterocycles. The average Bonchev–Trinajstić information content (AvgIpc) is 3.54. The normalized spacial score (nSPS) is 17.8. The van der Waals surface area contributed by atoms with Crippen molar-refractivity contribution in [1.29, 1.82) is 0 Å². The maximum Gasteiger partial charge on any atom is 0.324 e. The second-order valence-corrected chi connectivity index (χ2v) is 10.2. The molecule has 12 heteroatoms. The fraction of sp³-hybridized carbons (Fsp3) is 0.333. The monoisotopic (exact) mass is 552 g/mol. The molecule has 39 heavy (non-hydrogen) atoms. The molecule has 0 unspecified atom stereocenters. The molecule has 1 N–H and O–H groups in total. The second-order valence-electron chi connectivity index (χ2n) is 9.81. The van der Waals surface area contributed by atoms with E-state index < -0.39 is 17.1 Å². The molecular formula is C27H26ClFN6O4. The predicted octanol–water partition coefficient (Wildman–Crippen LogP) is 3.22. The fourth-order valence-electron chi connectivity index (χ4n) is 5.10. The number of carbonyl (C=O) groups excluding carboxylic acids is 1. The number of carbonyl (C=O) groups is 1. The van der Waals surface area contributed by atoms with Crippen LogP contribution in [0, 0.1) is 5.82 Å². The van der Waals surface area contributed by atoms with E-state index in [2.05, 4.69) is 9.89 Å². The average molecular weight is 553 g/mol. The van der Waals surface area contributed by atoms with Crippen molar-refractivity contribution in [1.82, 2.24) is 14.3 Å². The lowest BCUT2D eigenvalue weighted by atomic mass is 10.0. The Morgan fingerprint density at radius 2 is 1.92 bits per heavy atom.